The molecule has 1 aromatic carbocycles. The number of hydrogen-bond acceptors (Lipinski definition) is 6. The Labute approximate surface area is 199 Å². The Bertz CT molecular complexity index is 778. The predicted molar refractivity (Wildman–Crippen MR) is 129 cm³/mol. The number of nitrogens with one attached hydrogen (secondary N) is 2. The summed E-state index contributed by atoms with van der Waals surface area (Å²) in [6.45, 7) is 4.51. The Morgan fingerprint density at radius 3 is 2.70 bits per heavy atom. The van der Waals surface area contributed by atoms with Crippen LogP contribution in [0.25, 0.3) is 11.4 Å². The van der Waals surface area contributed by atoms with Crippen molar-refractivity contribution in [2.24, 2.45) is 4.99 Å². The third-order valence-electron chi connectivity index (χ3n) is 4.95. The normalized spacial score (nSPS) is 15.6. The number of rotatable bonds is 8. The molecule has 0 saturated carbocycles. The first-order valence-corrected chi connectivity index (χ1v) is 10.3. The Morgan fingerprint density at radius 1 is 1.30 bits per heavy atom. The van der Waals surface area contributed by atoms with Gasteiger partial charge in [0.15, 0.2) is 5.96 Å². The molecule has 0 unspecified atom stereocenters. The van der Waals surface area contributed by atoms with Gasteiger partial charge in [0.2, 0.25) is 11.7 Å². The average Bonchev–Trinajstić information content (AvgIpc) is 3.22. The summed E-state index contributed by atoms with van der Waals surface area (Å²) in [6, 6.07) is 7.76. The maximum atomic E-state index is 5.92. The van der Waals surface area contributed by atoms with Crippen LogP contribution < -0.4 is 10.6 Å². The highest BCUT2D eigenvalue weighted by atomic mass is 127. The maximum absolute atomic E-state index is 5.92. The van der Waals surface area contributed by atoms with Gasteiger partial charge in [-0.15, -0.1) is 24.0 Å². The lowest BCUT2D eigenvalue weighted by Crippen LogP contribution is -2.48. The molecular weight excluding hydrogens is 519 g/mol. The Kier molecular flexibility index (Phi) is 10.8. The lowest BCUT2D eigenvalue weighted by atomic mass is 10.1. The van der Waals surface area contributed by atoms with Gasteiger partial charge in [-0.25, -0.2) is 0 Å². The predicted octanol–water partition coefficient (Wildman–Crippen LogP) is 3.17. The number of benzene rings is 1. The number of aromatic nitrogens is 2. The first kappa shape index (κ1) is 24.8. The molecule has 166 valence electrons. The third-order valence-corrected chi connectivity index (χ3v) is 5.20. The molecule has 0 aliphatic carbocycles. The van der Waals surface area contributed by atoms with Gasteiger partial charge in [0.1, 0.15) is 0 Å². The summed E-state index contributed by atoms with van der Waals surface area (Å²) in [4.78, 5) is 11.2. The summed E-state index contributed by atoms with van der Waals surface area (Å²) >= 11 is 5.92. The van der Waals surface area contributed by atoms with Crippen LogP contribution in [0.4, 0.5) is 0 Å². The first-order chi connectivity index (χ1) is 14.2. The molecule has 0 bridgehead atoms. The van der Waals surface area contributed by atoms with E-state index < -0.39 is 0 Å². The number of halogens is 2. The summed E-state index contributed by atoms with van der Waals surface area (Å²) in [7, 11) is 3.52. The van der Waals surface area contributed by atoms with Crippen LogP contribution in [0.2, 0.25) is 5.02 Å². The second kappa shape index (κ2) is 13.1. The molecule has 10 heteroatoms. The first-order valence-electron chi connectivity index (χ1n) is 9.95. The van der Waals surface area contributed by atoms with Crippen molar-refractivity contribution in [2.45, 2.75) is 31.8 Å². The molecule has 2 aromatic rings. The van der Waals surface area contributed by atoms with Gasteiger partial charge in [-0.2, -0.15) is 4.98 Å². The zero-order chi connectivity index (χ0) is 20.5. The summed E-state index contributed by atoms with van der Waals surface area (Å²) in [5, 5.41) is 11.4. The minimum absolute atomic E-state index is 0. The zero-order valence-corrected chi connectivity index (χ0v) is 20.5. The highest BCUT2D eigenvalue weighted by molar-refractivity contribution is 14.0. The summed E-state index contributed by atoms with van der Waals surface area (Å²) in [5.41, 5.74) is 0.865. The van der Waals surface area contributed by atoms with E-state index in [-0.39, 0.29) is 24.0 Å². The quantitative estimate of drug-likeness (QED) is 0.227. The zero-order valence-electron chi connectivity index (χ0n) is 17.4. The minimum atomic E-state index is 0. The van der Waals surface area contributed by atoms with E-state index in [1.54, 1.807) is 26.3 Å². The van der Waals surface area contributed by atoms with Gasteiger partial charge >= 0.3 is 0 Å². The van der Waals surface area contributed by atoms with E-state index in [4.69, 9.17) is 20.9 Å². The van der Waals surface area contributed by atoms with Crippen molar-refractivity contribution >= 4 is 41.5 Å². The molecule has 1 saturated heterocycles. The van der Waals surface area contributed by atoms with E-state index >= 15 is 0 Å². The SMILES string of the molecule is CN=C(NCc1nc(-c2ccc(Cl)cc2)no1)NC1CCN(CCCOC)CC1.I. The molecule has 1 aromatic heterocycles. The lowest BCUT2D eigenvalue weighted by molar-refractivity contribution is 0.155. The van der Waals surface area contributed by atoms with Crippen LogP contribution in [0.1, 0.15) is 25.2 Å². The Hall–Kier alpha value is -1.43. The van der Waals surface area contributed by atoms with Crippen LogP contribution in [-0.4, -0.2) is 67.4 Å². The third kappa shape index (κ3) is 7.68. The fourth-order valence-electron chi connectivity index (χ4n) is 3.32. The Morgan fingerprint density at radius 2 is 2.03 bits per heavy atom. The van der Waals surface area contributed by atoms with Crippen LogP contribution in [0.15, 0.2) is 33.8 Å². The molecule has 0 atom stereocenters. The van der Waals surface area contributed by atoms with Crippen LogP contribution >= 0.6 is 35.6 Å². The largest absolute Gasteiger partial charge is 0.385 e. The lowest BCUT2D eigenvalue weighted by Gasteiger charge is -2.33. The van der Waals surface area contributed by atoms with E-state index in [2.05, 4.69) is 30.7 Å². The van der Waals surface area contributed by atoms with Gasteiger partial charge in [0.25, 0.3) is 0 Å². The standard InChI is InChI=1S/C20H29ClN6O2.HI/c1-22-20(24-17-8-11-27(12-9-17)10-3-13-28-2)23-14-18-25-19(26-29-18)15-4-6-16(21)7-5-15;/h4-7,17H,3,8-14H2,1-2H3,(H2,22,23,24);1H. The van der Waals surface area contributed by atoms with Gasteiger partial charge < -0.3 is 24.8 Å². The van der Waals surface area contributed by atoms with Gasteiger partial charge in [0.05, 0.1) is 6.54 Å². The molecule has 2 N–H and O–H groups in total. The van der Waals surface area contributed by atoms with Crippen molar-refractivity contribution < 1.29 is 9.26 Å². The van der Waals surface area contributed by atoms with Crippen molar-refractivity contribution in [3.05, 3.63) is 35.2 Å². The van der Waals surface area contributed by atoms with Crippen molar-refractivity contribution in [3.8, 4) is 11.4 Å². The number of guanidine groups is 1. The molecule has 0 radical (unpaired) electrons. The smallest absolute Gasteiger partial charge is 0.246 e. The molecule has 2 heterocycles. The van der Waals surface area contributed by atoms with E-state index in [1.165, 1.54) is 0 Å². The van der Waals surface area contributed by atoms with Crippen LogP contribution in [0.3, 0.4) is 0 Å². The van der Waals surface area contributed by atoms with E-state index in [0.717, 1.165) is 57.0 Å². The minimum Gasteiger partial charge on any atom is -0.385 e. The highest BCUT2D eigenvalue weighted by Crippen LogP contribution is 2.18. The summed E-state index contributed by atoms with van der Waals surface area (Å²) in [5.74, 6) is 1.79. The second-order valence-electron chi connectivity index (χ2n) is 7.05. The molecule has 30 heavy (non-hydrogen) atoms. The van der Waals surface area contributed by atoms with Crippen LogP contribution in [0, 0.1) is 0 Å². The molecular formula is C20H30ClIN6O2. The Balaban J connectivity index is 0.00000320. The van der Waals surface area contributed by atoms with Crippen LogP contribution in [-0.2, 0) is 11.3 Å². The average molecular weight is 549 g/mol. The van der Waals surface area contributed by atoms with Gasteiger partial charge in [-0.05, 0) is 43.5 Å². The van der Waals surface area contributed by atoms with Crippen molar-refractivity contribution in [1.82, 2.24) is 25.7 Å². The van der Waals surface area contributed by atoms with E-state index in [9.17, 15) is 0 Å². The number of methoxy groups -OCH3 is 1. The van der Waals surface area contributed by atoms with Gasteiger partial charge in [0, 0.05) is 57.0 Å². The van der Waals surface area contributed by atoms with E-state index in [1.807, 2.05) is 12.1 Å². The summed E-state index contributed by atoms with van der Waals surface area (Å²) in [6.07, 6.45) is 3.27. The van der Waals surface area contributed by atoms with Crippen molar-refractivity contribution in [3.63, 3.8) is 0 Å². The van der Waals surface area contributed by atoms with Crippen molar-refractivity contribution in [2.75, 3.05) is 40.4 Å². The number of hydrogen-bond donors (Lipinski definition) is 2. The number of ether oxygens (including phenoxy) is 1. The number of likely N-dealkylation sites (tertiary alicyclic amines) is 1. The molecule has 1 aliphatic rings. The topological polar surface area (TPSA) is 87.8 Å². The van der Waals surface area contributed by atoms with Crippen LogP contribution in [0.5, 0.6) is 0 Å². The fraction of sp³-hybridized carbons (Fsp3) is 0.550. The van der Waals surface area contributed by atoms with Crippen molar-refractivity contribution in [1.29, 1.82) is 0 Å². The number of piperidine rings is 1. The van der Waals surface area contributed by atoms with Gasteiger partial charge in [-0.3, -0.25) is 4.99 Å². The molecule has 8 nitrogen and oxygen atoms in total. The monoisotopic (exact) mass is 548 g/mol. The maximum Gasteiger partial charge on any atom is 0.246 e. The highest BCUT2D eigenvalue weighted by Gasteiger charge is 2.20. The second-order valence-corrected chi connectivity index (χ2v) is 7.49. The molecule has 1 aliphatic heterocycles. The van der Waals surface area contributed by atoms with Gasteiger partial charge in [-0.1, -0.05) is 16.8 Å². The fourth-order valence-corrected chi connectivity index (χ4v) is 3.45. The summed E-state index contributed by atoms with van der Waals surface area (Å²) < 4.78 is 10.5. The number of nitrogens with zero attached hydrogens (tertiary/aromatic N) is 4. The molecule has 1 fully saturated rings. The molecule has 0 amide bonds. The number of aliphatic imine (C=N–C) groups is 1. The molecule has 0 spiro atoms. The van der Waals surface area contributed by atoms with E-state index in [0.29, 0.717) is 29.3 Å². The molecule has 3 rings (SSSR count).